The second kappa shape index (κ2) is 7.42. The zero-order valence-corrected chi connectivity index (χ0v) is 13.5. The maximum absolute atomic E-state index is 12.6. The molecule has 23 heavy (non-hydrogen) atoms. The summed E-state index contributed by atoms with van der Waals surface area (Å²) >= 11 is 5.98. The number of carbonyl (C=O) groups is 1. The van der Waals surface area contributed by atoms with Gasteiger partial charge in [0.1, 0.15) is 0 Å². The lowest BCUT2D eigenvalue weighted by Gasteiger charge is -2.36. The lowest BCUT2D eigenvalue weighted by atomic mass is 9.95. The number of nitrogens with zero attached hydrogens (tertiary/aromatic N) is 3. The van der Waals surface area contributed by atoms with Gasteiger partial charge in [-0.05, 0) is 24.8 Å². The quantitative estimate of drug-likeness (QED) is 0.936. The van der Waals surface area contributed by atoms with Crippen LogP contribution in [0.4, 0.5) is 4.79 Å². The molecule has 3 rings (SSSR count). The molecule has 6 heteroatoms. The first-order chi connectivity index (χ1) is 11.3. The van der Waals surface area contributed by atoms with Gasteiger partial charge in [-0.2, -0.15) is 0 Å². The summed E-state index contributed by atoms with van der Waals surface area (Å²) < 4.78 is 0. The predicted molar refractivity (Wildman–Crippen MR) is 89.0 cm³/mol. The molecule has 1 unspecified atom stereocenters. The van der Waals surface area contributed by atoms with E-state index in [4.69, 9.17) is 11.6 Å². The van der Waals surface area contributed by atoms with Gasteiger partial charge in [-0.1, -0.05) is 41.9 Å². The van der Waals surface area contributed by atoms with Gasteiger partial charge in [-0.3, -0.25) is 4.98 Å². The lowest BCUT2D eigenvalue weighted by molar-refractivity contribution is 0.151. The number of rotatable bonds is 3. The number of carbonyl (C=O) groups excluding carboxylic acids is 1. The van der Waals surface area contributed by atoms with Gasteiger partial charge in [0.05, 0.1) is 18.3 Å². The van der Waals surface area contributed by atoms with Crippen LogP contribution in [0.3, 0.4) is 0 Å². The summed E-state index contributed by atoms with van der Waals surface area (Å²) in [5.41, 5.74) is 1.76. The number of amides is 2. The van der Waals surface area contributed by atoms with Gasteiger partial charge < -0.3 is 10.2 Å². The minimum absolute atomic E-state index is 0.0831. The van der Waals surface area contributed by atoms with Crippen LogP contribution >= 0.6 is 11.6 Å². The van der Waals surface area contributed by atoms with Crippen molar-refractivity contribution >= 4 is 17.6 Å². The van der Waals surface area contributed by atoms with Crippen LogP contribution in [-0.2, 0) is 6.54 Å². The van der Waals surface area contributed by atoms with Crippen LogP contribution < -0.4 is 5.32 Å². The Balaban J connectivity index is 1.68. The van der Waals surface area contributed by atoms with Crippen LogP contribution in [0.2, 0.25) is 5.15 Å². The molecule has 0 radical (unpaired) electrons. The highest BCUT2D eigenvalue weighted by atomic mass is 35.5. The number of nitrogens with one attached hydrogen (secondary N) is 1. The SMILES string of the molecule is O=C(NCc1nccnc1Cl)N1CCCCC1c1ccccc1. The molecule has 2 amide bonds. The molecule has 1 N–H and O–H groups in total. The number of aromatic nitrogens is 2. The zero-order valence-electron chi connectivity index (χ0n) is 12.8. The number of benzene rings is 1. The average molecular weight is 331 g/mol. The highest BCUT2D eigenvalue weighted by molar-refractivity contribution is 6.29. The summed E-state index contributed by atoms with van der Waals surface area (Å²) in [6.07, 6.45) is 6.26. The number of urea groups is 1. The molecule has 0 aliphatic carbocycles. The standard InChI is InChI=1S/C17H19ClN4O/c18-16-14(19-9-10-20-16)12-21-17(23)22-11-5-4-8-15(22)13-6-2-1-3-7-13/h1-3,6-7,9-10,15H,4-5,8,11-12H2,(H,21,23). The van der Waals surface area contributed by atoms with E-state index in [0.717, 1.165) is 25.8 Å². The molecular formula is C17H19ClN4O. The predicted octanol–water partition coefficient (Wildman–Crippen LogP) is 3.57. The molecule has 2 aromatic rings. The monoisotopic (exact) mass is 330 g/mol. The Hall–Kier alpha value is -2.14. The minimum Gasteiger partial charge on any atom is -0.332 e. The first-order valence-electron chi connectivity index (χ1n) is 7.80. The van der Waals surface area contributed by atoms with E-state index < -0.39 is 0 Å². The fourth-order valence-electron chi connectivity index (χ4n) is 2.93. The molecule has 5 nitrogen and oxygen atoms in total. The Bertz CT molecular complexity index is 665. The largest absolute Gasteiger partial charge is 0.332 e. The van der Waals surface area contributed by atoms with Gasteiger partial charge in [-0.15, -0.1) is 0 Å². The Kier molecular flexibility index (Phi) is 5.08. The normalized spacial score (nSPS) is 17.8. The Labute approximate surface area is 140 Å². The second-order valence-corrected chi connectivity index (χ2v) is 5.93. The molecule has 1 aromatic heterocycles. The van der Waals surface area contributed by atoms with E-state index in [0.29, 0.717) is 10.8 Å². The molecule has 0 saturated carbocycles. The first-order valence-corrected chi connectivity index (χ1v) is 8.18. The van der Waals surface area contributed by atoms with E-state index >= 15 is 0 Å². The summed E-state index contributed by atoms with van der Waals surface area (Å²) in [5, 5.41) is 3.23. The highest BCUT2D eigenvalue weighted by Crippen LogP contribution is 2.30. The van der Waals surface area contributed by atoms with E-state index in [2.05, 4.69) is 27.4 Å². The molecule has 1 aliphatic rings. The van der Waals surface area contributed by atoms with Gasteiger partial charge in [0.2, 0.25) is 0 Å². The van der Waals surface area contributed by atoms with Crippen molar-refractivity contribution in [3.8, 4) is 0 Å². The zero-order chi connectivity index (χ0) is 16.1. The molecule has 1 fully saturated rings. The van der Waals surface area contributed by atoms with Crippen molar-refractivity contribution in [1.82, 2.24) is 20.2 Å². The van der Waals surface area contributed by atoms with Crippen molar-refractivity contribution in [2.45, 2.75) is 31.8 Å². The molecule has 1 aliphatic heterocycles. The van der Waals surface area contributed by atoms with Crippen LogP contribution in [0.25, 0.3) is 0 Å². The third-order valence-electron chi connectivity index (χ3n) is 4.08. The number of likely N-dealkylation sites (tertiary alicyclic amines) is 1. The van der Waals surface area contributed by atoms with E-state index in [1.807, 2.05) is 23.1 Å². The van der Waals surface area contributed by atoms with E-state index in [-0.39, 0.29) is 18.6 Å². The maximum atomic E-state index is 12.6. The van der Waals surface area contributed by atoms with Crippen molar-refractivity contribution in [3.05, 3.63) is 59.1 Å². The van der Waals surface area contributed by atoms with Crippen LogP contribution in [0.5, 0.6) is 0 Å². The fourth-order valence-corrected chi connectivity index (χ4v) is 3.10. The first kappa shape index (κ1) is 15.7. The Morgan fingerprint density at radius 2 is 2.00 bits per heavy atom. The van der Waals surface area contributed by atoms with E-state index in [1.54, 1.807) is 6.20 Å². The molecule has 1 saturated heterocycles. The topological polar surface area (TPSA) is 58.1 Å². The van der Waals surface area contributed by atoms with Gasteiger partial charge >= 0.3 is 6.03 Å². The highest BCUT2D eigenvalue weighted by Gasteiger charge is 2.27. The molecule has 120 valence electrons. The van der Waals surface area contributed by atoms with E-state index in [1.165, 1.54) is 11.8 Å². The van der Waals surface area contributed by atoms with Crippen molar-refractivity contribution in [2.24, 2.45) is 0 Å². The van der Waals surface area contributed by atoms with Crippen LogP contribution in [-0.4, -0.2) is 27.4 Å². The van der Waals surface area contributed by atoms with E-state index in [9.17, 15) is 4.79 Å². The third-order valence-corrected chi connectivity index (χ3v) is 4.39. The summed E-state index contributed by atoms with van der Waals surface area (Å²) in [7, 11) is 0. The molecule has 0 spiro atoms. The van der Waals surface area contributed by atoms with Gasteiger partial charge in [0.25, 0.3) is 0 Å². The Morgan fingerprint density at radius 3 is 2.78 bits per heavy atom. The third kappa shape index (κ3) is 3.79. The number of halogens is 1. The molecule has 0 bridgehead atoms. The number of hydrogen-bond donors (Lipinski definition) is 1. The Morgan fingerprint density at radius 1 is 1.22 bits per heavy atom. The van der Waals surface area contributed by atoms with Crippen molar-refractivity contribution in [2.75, 3.05) is 6.54 Å². The maximum Gasteiger partial charge on any atom is 0.318 e. The second-order valence-electron chi connectivity index (χ2n) is 5.57. The molecular weight excluding hydrogens is 312 g/mol. The summed E-state index contributed by atoms with van der Waals surface area (Å²) in [6.45, 7) is 1.04. The smallest absolute Gasteiger partial charge is 0.318 e. The number of piperidine rings is 1. The minimum atomic E-state index is -0.0831. The average Bonchev–Trinajstić information content (AvgIpc) is 2.61. The number of hydrogen-bond acceptors (Lipinski definition) is 3. The fraction of sp³-hybridized carbons (Fsp3) is 0.353. The van der Waals surface area contributed by atoms with Gasteiger partial charge in [-0.25, -0.2) is 9.78 Å². The summed E-state index contributed by atoms with van der Waals surface area (Å²) in [5.74, 6) is 0. The molecule has 1 atom stereocenters. The molecule has 2 heterocycles. The van der Waals surface area contributed by atoms with Crippen LogP contribution in [0, 0.1) is 0 Å². The summed E-state index contributed by atoms with van der Waals surface area (Å²) in [4.78, 5) is 22.6. The van der Waals surface area contributed by atoms with Crippen LogP contribution in [0.15, 0.2) is 42.7 Å². The van der Waals surface area contributed by atoms with Gasteiger partial charge in [0.15, 0.2) is 5.15 Å². The lowest BCUT2D eigenvalue weighted by Crippen LogP contribution is -2.44. The van der Waals surface area contributed by atoms with Crippen molar-refractivity contribution in [1.29, 1.82) is 0 Å². The van der Waals surface area contributed by atoms with Crippen LogP contribution in [0.1, 0.15) is 36.6 Å². The van der Waals surface area contributed by atoms with Crippen molar-refractivity contribution in [3.63, 3.8) is 0 Å². The van der Waals surface area contributed by atoms with Crippen molar-refractivity contribution < 1.29 is 4.79 Å². The summed E-state index contributed by atoms with van der Waals surface area (Å²) in [6, 6.07) is 10.2. The molecule has 1 aromatic carbocycles. The van der Waals surface area contributed by atoms with Gasteiger partial charge in [0, 0.05) is 18.9 Å².